The lowest BCUT2D eigenvalue weighted by atomic mass is 9.99. The van der Waals surface area contributed by atoms with Crippen molar-refractivity contribution in [1.82, 2.24) is 9.97 Å². The van der Waals surface area contributed by atoms with Gasteiger partial charge in [-0.3, -0.25) is 14.4 Å². The second-order valence-electron chi connectivity index (χ2n) is 6.02. The first-order valence-electron chi connectivity index (χ1n) is 8.19. The molecule has 7 heteroatoms. The van der Waals surface area contributed by atoms with Crippen molar-refractivity contribution < 1.29 is 9.59 Å². The van der Waals surface area contributed by atoms with Crippen LogP contribution in [0.4, 0.5) is 5.69 Å². The molecule has 25 heavy (non-hydrogen) atoms. The van der Waals surface area contributed by atoms with Gasteiger partial charge in [0.2, 0.25) is 5.91 Å². The van der Waals surface area contributed by atoms with Gasteiger partial charge < -0.3 is 10.3 Å². The number of carbonyl (C=O) groups excluding carboxylic acids is 2. The SMILES string of the molecule is CCCc1cc(=O)[nH]c(SCC(=O)c2ccc3c(c2)[C@@H](C)C(=O)N3)n1. The van der Waals surface area contributed by atoms with E-state index in [2.05, 4.69) is 15.3 Å². The standard InChI is InChI=1S/C18H19N3O3S/c1-3-4-12-8-16(23)21-18(19-12)25-9-15(22)11-5-6-14-13(7-11)10(2)17(24)20-14/h5-8,10H,3-4,9H2,1-2H3,(H,20,24)(H,19,21,23)/t10-/m1/s1. The molecule has 2 heterocycles. The summed E-state index contributed by atoms with van der Waals surface area (Å²) in [5.74, 6) is -0.196. The van der Waals surface area contributed by atoms with Crippen LogP contribution in [0.25, 0.3) is 0 Å². The summed E-state index contributed by atoms with van der Waals surface area (Å²) in [5.41, 5.74) is 2.69. The monoisotopic (exact) mass is 357 g/mol. The number of nitrogens with one attached hydrogen (secondary N) is 2. The molecule has 0 saturated carbocycles. The van der Waals surface area contributed by atoms with Gasteiger partial charge in [-0.05, 0) is 37.1 Å². The molecule has 1 aliphatic heterocycles. The molecule has 1 amide bonds. The zero-order valence-corrected chi connectivity index (χ0v) is 14.9. The molecule has 130 valence electrons. The molecular formula is C18H19N3O3S. The van der Waals surface area contributed by atoms with E-state index in [1.54, 1.807) is 18.2 Å². The summed E-state index contributed by atoms with van der Waals surface area (Å²) in [6, 6.07) is 6.73. The fourth-order valence-electron chi connectivity index (χ4n) is 2.74. The maximum Gasteiger partial charge on any atom is 0.251 e. The summed E-state index contributed by atoms with van der Waals surface area (Å²) in [6.45, 7) is 3.84. The Hall–Kier alpha value is -2.41. The Morgan fingerprint density at radius 2 is 2.08 bits per heavy atom. The summed E-state index contributed by atoms with van der Waals surface area (Å²) in [4.78, 5) is 42.8. The highest BCUT2D eigenvalue weighted by Gasteiger charge is 2.27. The van der Waals surface area contributed by atoms with Crippen LogP contribution in [0.15, 0.2) is 34.2 Å². The number of ketones is 1. The molecule has 0 fully saturated rings. The van der Waals surface area contributed by atoms with Gasteiger partial charge in [0.25, 0.3) is 5.56 Å². The summed E-state index contributed by atoms with van der Waals surface area (Å²) in [6.07, 6.45) is 1.63. The molecule has 6 nitrogen and oxygen atoms in total. The number of carbonyl (C=O) groups is 2. The van der Waals surface area contributed by atoms with Crippen LogP contribution in [-0.2, 0) is 11.2 Å². The predicted molar refractivity (Wildman–Crippen MR) is 97.4 cm³/mol. The number of nitrogens with zero attached hydrogens (tertiary/aromatic N) is 1. The molecule has 1 aliphatic rings. The van der Waals surface area contributed by atoms with Gasteiger partial charge in [-0.15, -0.1) is 0 Å². The van der Waals surface area contributed by atoms with E-state index in [0.29, 0.717) is 10.7 Å². The van der Waals surface area contributed by atoms with Crippen LogP contribution in [0.2, 0.25) is 0 Å². The van der Waals surface area contributed by atoms with Crippen molar-refractivity contribution >= 4 is 29.1 Å². The first-order chi connectivity index (χ1) is 12.0. The van der Waals surface area contributed by atoms with E-state index < -0.39 is 0 Å². The third kappa shape index (κ3) is 3.82. The van der Waals surface area contributed by atoms with Crippen LogP contribution >= 0.6 is 11.8 Å². The van der Waals surface area contributed by atoms with Crippen LogP contribution in [0, 0.1) is 0 Å². The number of Topliss-reactive ketones (excluding diaryl/α,β-unsaturated/α-hetero) is 1. The Morgan fingerprint density at radius 1 is 1.28 bits per heavy atom. The van der Waals surface area contributed by atoms with E-state index in [9.17, 15) is 14.4 Å². The van der Waals surface area contributed by atoms with Crippen molar-refractivity contribution in [2.45, 2.75) is 37.8 Å². The minimum Gasteiger partial charge on any atom is -0.325 e. The number of benzene rings is 1. The lowest BCUT2D eigenvalue weighted by Gasteiger charge is -2.06. The Bertz CT molecular complexity index is 891. The normalized spacial score (nSPS) is 15.8. The molecule has 0 saturated heterocycles. The highest BCUT2D eigenvalue weighted by Crippen LogP contribution is 2.33. The van der Waals surface area contributed by atoms with Crippen LogP contribution in [0.5, 0.6) is 0 Å². The van der Waals surface area contributed by atoms with E-state index >= 15 is 0 Å². The van der Waals surface area contributed by atoms with Crippen LogP contribution in [0.1, 0.15) is 47.8 Å². The number of hydrogen-bond donors (Lipinski definition) is 2. The van der Waals surface area contributed by atoms with Crippen molar-refractivity contribution in [3.05, 3.63) is 51.4 Å². The van der Waals surface area contributed by atoms with Gasteiger partial charge >= 0.3 is 0 Å². The predicted octanol–water partition coefficient (Wildman–Crippen LogP) is 2.75. The van der Waals surface area contributed by atoms with Gasteiger partial charge in [0, 0.05) is 23.0 Å². The molecule has 0 aliphatic carbocycles. The Kier molecular flexibility index (Phi) is 5.03. The number of H-pyrrole nitrogens is 1. The van der Waals surface area contributed by atoms with Gasteiger partial charge in [0.15, 0.2) is 10.9 Å². The van der Waals surface area contributed by atoms with Gasteiger partial charge in [-0.2, -0.15) is 0 Å². The molecule has 0 radical (unpaired) electrons. The van der Waals surface area contributed by atoms with Crippen molar-refractivity contribution in [3.8, 4) is 0 Å². The average Bonchev–Trinajstić information content (AvgIpc) is 2.86. The van der Waals surface area contributed by atoms with Crippen molar-refractivity contribution in [2.24, 2.45) is 0 Å². The minimum atomic E-state index is -0.251. The lowest BCUT2D eigenvalue weighted by Crippen LogP contribution is -2.11. The molecule has 1 atom stereocenters. The summed E-state index contributed by atoms with van der Waals surface area (Å²) < 4.78 is 0. The van der Waals surface area contributed by atoms with Gasteiger partial charge in [-0.1, -0.05) is 25.1 Å². The number of aromatic nitrogens is 2. The third-order valence-corrected chi connectivity index (χ3v) is 4.98. The Morgan fingerprint density at radius 3 is 2.84 bits per heavy atom. The number of thioether (sulfide) groups is 1. The largest absolute Gasteiger partial charge is 0.325 e. The molecule has 2 aromatic rings. The molecular weight excluding hydrogens is 338 g/mol. The first kappa shape index (κ1) is 17.4. The van der Waals surface area contributed by atoms with E-state index in [1.165, 1.54) is 17.8 Å². The second kappa shape index (κ2) is 7.23. The Labute approximate surface area is 149 Å². The lowest BCUT2D eigenvalue weighted by molar-refractivity contribution is -0.116. The second-order valence-corrected chi connectivity index (χ2v) is 6.98. The fourth-order valence-corrected chi connectivity index (χ4v) is 3.53. The number of amides is 1. The minimum absolute atomic E-state index is 0.0523. The van der Waals surface area contributed by atoms with Gasteiger partial charge in [0.05, 0.1) is 11.7 Å². The number of hydrogen-bond acceptors (Lipinski definition) is 5. The third-order valence-electron chi connectivity index (χ3n) is 4.11. The molecule has 1 aromatic heterocycles. The molecule has 0 bridgehead atoms. The summed E-state index contributed by atoms with van der Waals surface area (Å²) >= 11 is 1.21. The van der Waals surface area contributed by atoms with Crippen LogP contribution in [-0.4, -0.2) is 27.4 Å². The topological polar surface area (TPSA) is 91.9 Å². The molecule has 3 rings (SSSR count). The summed E-state index contributed by atoms with van der Waals surface area (Å²) in [7, 11) is 0. The fraction of sp³-hybridized carbons (Fsp3) is 0.333. The van der Waals surface area contributed by atoms with Gasteiger partial charge in [-0.25, -0.2) is 4.98 Å². The van der Waals surface area contributed by atoms with E-state index in [0.717, 1.165) is 29.8 Å². The average molecular weight is 357 g/mol. The van der Waals surface area contributed by atoms with Gasteiger partial charge in [0.1, 0.15) is 0 Å². The number of fused-ring (bicyclic) bond motifs is 1. The first-order valence-corrected chi connectivity index (χ1v) is 9.17. The number of aromatic amines is 1. The zero-order chi connectivity index (χ0) is 18.0. The maximum absolute atomic E-state index is 12.5. The molecule has 2 N–H and O–H groups in total. The maximum atomic E-state index is 12.5. The number of aryl methyl sites for hydroxylation is 1. The number of rotatable bonds is 6. The highest BCUT2D eigenvalue weighted by molar-refractivity contribution is 7.99. The van der Waals surface area contributed by atoms with E-state index in [-0.39, 0.29) is 28.9 Å². The van der Waals surface area contributed by atoms with E-state index in [1.807, 2.05) is 13.8 Å². The quantitative estimate of drug-likeness (QED) is 0.471. The molecule has 0 spiro atoms. The number of anilines is 1. The zero-order valence-electron chi connectivity index (χ0n) is 14.1. The van der Waals surface area contributed by atoms with Crippen LogP contribution in [0.3, 0.4) is 0 Å². The van der Waals surface area contributed by atoms with Crippen LogP contribution < -0.4 is 10.9 Å². The van der Waals surface area contributed by atoms with Crippen molar-refractivity contribution in [3.63, 3.8) is 0 Å². The van der Waals surface area contributed by atoms with Crippen molar-refractivity contribution in [1.29, 1.82) is 0 Å². The van der Waals surface area contributed by atoms with E-state index in [4.69, 9.17) is 0 Å². The Balaban J connectivity index is 1.72. The highest BCUT2D eigenvalue weighted by atomic mass is 32.2. The van der Waals surface area contributed by atoms with Crippen molar-refractivity contribution in [2.75, 3.05) is 11.1 Å². The summed E-state index contributed by atoms with van der Waals surface area (Å²) in [5, 5.41) is 3.24. The molecule has 1 aromatic carbocycles. The smallest absolute Gasteiger partial charge is 0.251 e. The molecule has 0 unspecified atom stereocenters.